The standard InChI is InChI=1S/C15H10FN3S/c16-11-3-6-13-14(7-11)18-9-15(13)20-19-12-4-1-10(8-17)2-5-12/h1-7,9,18-19H. The van der Waals surface area contributed by atoms with Crippen LogP contribution < -0.4 is 4.72 Å². The quantitative estimate of drug-likeness (QED) is 0.705. The van der Waals surface area contributed by atoms with Crippen molar-refractivity contribution >= 4 is 28.5 Å². The highest BCUT2D eigenvalue weighted by Crippen LogP contribution is 2.29. The number of nitrogens with one attached hydrogen (secondary N) is 2. The van der Waals surface area contributed by atoms with E-state index in [9.17, 15) is 4.39 Å². The lowest BCUT2D eigenvalue weighted by Gasteiger charge is -2.04. The fraction of sp³-hybridized carbons (Fsp3) is 0. The van der Waals surface area contributed by atoms with Gasteiger partial charge in [-0.1, -0.05) is 0 Å². The monoisotopic (exact) mass is 283 g/mol. The molecule has 2 N–H and O–H groups in total. The van der Waals surface area contributed by atoms with E-state index in [-0.39, 0.29) is 5.82 Å². The second-order valence-corrected chi connectivity index (χ2v) is 5.08. The average Bonchev–Trinajstić information content (AvgIpc) is 2.88. The van der Waals surface area contributed by atoms with Gasteiger partial charge in [-0.05, 0) is 54.4 Å². The van der Waals surface area contributed by atoms with Crippen LogP contribution in [0.3, 0.4) is 0 Å². The minimum atomic E-state index is -0.254. The number of halogens is 1. The molecule has 0 fully saturated rings. The van der Waals surface area contributed by atoms with Crippen LogP contribution in [0, 0.1) is 17.1 Å². The number of rotatable bonds is 3. The fourth-order valence-electron chi connectivity index (χ4n) is 1.88. The summed E-state index contributed by atoms with van der Waals surface area (Å²) in [6, 6.07) is 14.0. The lowest BCUT2D eigenvalue weighted by Crippen LogP contribution is -1.86. The number of benzene rings is 2. The zero-order chi connectivity index (χ0) is 13.9. The minimum absolute atomic E-state index is 0.254. The molecule has 0 aliphatic heterocycles. The van der Waals surface area contributed by atoms with Gasteiger partial charge in [0, 0.05) is 22.8 Å². The molecule has 2 aromatic carbocycles. The highest BCUT2D eigenvalue weighted by atomic mass is 32.2. The molecule has 0 unspecified atom stereocenters. The summed E-state index contributed by atoms with van der Waals surface area (Å²) >= 11 is 1.44. The van der Waals surface area contributed by atoms with Gasteiger partial charge in [-0.15, -0.1) is 0 Å². The molecule has 0 saturated heterocycles. The Balaban J connectivity index is 1.78. The molecule has 0 aliphatic carbocycles. The predicted molar refractivity (Wildman–Crippen MR) is 78.9 cm³/mol. The van der Waals surface area contributed by atoms with Crippen molar-refractivity contribution in [2.24, 2.45) is 0 Å². The molecule has 0 saturated carbocycles. The van der Waals surface area contributed by atoms with Gasteiger partial charge >= 0.3 is 0 Å². The van der Waals surface area contributed by atoms with Gasteiger partial charge in [-0.3, -0.25) is 0 Å². The van der Waals surface area contributed by atoms with Crippen molar-refractivity contribution in [2.45, 2.75) is 4.90 Å². The maximum atomic E-state index is 13.1. The van der Waals surface area contributed by atoms with Crippen LogP contribution in [-0.2, 0) is 0 Å². The number of anilines is 1. The molecule has 1 aromatic heterocycles. The Morgan fingerprint density at radius 3 is 2.70 bits per heavy atom. The molecule has 20 heavy (non-hydrogen) atoms. The molecule has 98 valence electrons. The summed E-state index contributed by atoms with van der Waals surface area (Å²) in [6.07, 6.45) is 1.84. The van der Waals surface area contributed by atoms with Crippen LogP contribution in [0.4, 0.5) is 10.1 Å². The van der Waals surface area contributed by atoms with Crippen LogP contribution in [0.5, 0.6) is 0 Å². The summed E-state index contributed by atoms with van der Waals surface area (Å²) in [4.78, 5) is 4.03. The zero-order valence-corrected chi connectivity index (χ0v) is 11.2. The van der Waals surface area contributed by atoms with Crippen molar-refractivity contribution in [3.05, 3.63) is 60.0 Å². The van der Waals surface area contributed by atoms with Crippen LogP contribution in [0.1, 0.15) is 5.56 Å². The van der Waals surface area contributed by atoms with Crippen LogP contribution in [-0.4, -0.2) is 4.98 Å². The van der Waals surface area contributed by atoms with Gasteiger partial charge in [0.05, 0.1) is 16.5 Å². The van der Waals surface area contributed by atoms with Gasteiger partial charge in [0.1, 0.15) is 5.82 Å². The summed E-state index contributed by atoms with van der Waals surface area (Å²) in [7, 11) is 0. The van der Waals surface area contributed by atoms with Gasteiger partial charge < -0.3 is 9.71 Å². The van der Waals surface area contributed by atoms with Gasteiger partial charge in [-0.25, -0.2) is 4.39 Å². The molecule has 0 atom stereocenters. The second-order valence-electron chi connectivity index (χ2n) is 4.24. The summed E-state index contributed by atoms with van der Waals surface area (Å²) in [5, 5.41) is 9.71. The van der Waals surface area contributed by atoms with E-state index in [1.54, 1.807) is 18.2 Å². The Bertz CT molecular complexity index is 787. The molecule has 0 amide bonds. The molecule has 0 bridgehead atoms. The van der Waals surface area contributed by atoms with E-state index < -0.39 is 0 Å². The molecular formula is C15H10FN3S. The summed E-state index contributed by atoms with van der Waals surface area (Å²) in [6.45, 7) is 0. The molecule has 3 aromatic rings. The summed E-state index contributed by atoms with van der Waals surface area (Å²) in [5.41, 5.74) is 2.31. The Morgan fingerprint density at radius 1 is 1.15 bits per heavy atom. The maximum Gasteiger partial charge on any atom is 0.125 e. The fourth-order valence-corrected chi connectivity index (χ4v) is 2.65. The van der Waals surface area contributed by atoms with Gasteiger partial charge in [0.15, 0.2) is 0 Å². The molecule has 3 nitrogen and oxygen atoms in total. The maximum absolute atomic E-state index is 13.1. The van der Waals surface area contributed by atoms with Gasteiger partial charge in [0.2, 0.25) is 0 Å². The smallest absolute Gasteiger partial charge is 0.125 e. The van der Waals surface area contributed by atoms with E-state index in [1.807, 2.05) is 18.3 Å². The van der Waals surface area contributed by atoms with Crippen molar-refractivity contribution in [1.29, 1.82) is 5.26 Å². The van der Waals surface area contributed by atoms with Crippen LogP contribution in [0.15, 0.2) is 53.6 Å². The van der Waals surface area contributed by atoms with Crippen LogP contribution >= 0.6 is 11.9 Å². The van der Waals surface area contributed by atoms with E-state index in [1.165, 1.54) is 24.1 Å². The Hall–Kier alpha value is -2.45. The van der Waals surface area contributed by atoms with Gasteiger partial charge in [-0.2, -0.15) is 5.26 Å². The number of hydrogen-bond donors (Lipinski definition) is 2. The topological polar surface area (TPSA) is 51.6 Å². The second kappa shape index (κ2) is 5.27. The van der Waals surface area contributed by atoms with Gasteiger partial charge in [0.25, 0.3) is 0 Å². The Kier molecular flexibility index (Phi) is 3.32. The average molecular weight is 283 g/mol. The molecule has 0 aliphatic rings. The molecule has 3 rings (SSSR count). The SMILES string of the molecule is N#Cc1ccc(NSc2c[nH]c3cc(F)ccc23)cc1. The highest BCUT2D eigenvalue weighted by molar-refractivity contribution is 8.00. The summed E-state index contributed by atoms with van der Waals surface area (Å²) in [5.74, 6) is -0.254. The number of fused-ring (bicyclic) bond motifs is 1. The third-order valence-electron chi connectivity index (χ3n) is 2.90. The third kappa shape index (κ3) is 2.46. The van der Waals surface area contributed by atoms with Crippen molar-refractivity contribution < 1.29 is 4.39 Å². The third-order valence-corrected chi connectivity index (χ3v) is 3.79. The van der Waals surface area contributed by atoms with Crippen molar-refractivity contribution in [2.75, 3.05) is 4.72 Å². The highest BCUT2D eigenvalue weighted by Gasteiger charge is 2.05. The number of hydrogen-bond acceptors (Lipinski definition) is 3. The largest absolute Gasteiger partial charge is 0.360 e. The number of nitriles is 1. The normalized spacial score (nSPS) is 10.4. The Morgan fingerprint density at radius 2 is 1.95 bits per heavy atom. The first-order valence-electron chi connectivity index (χ1n) is 5.96. The molecule has 1 heterocycles. The van der Waals surface area contributed by atoms with Crippen molar-refractivity contribution in [3.8, 4) is 6.07 Å². The van der Waals surface area contributed by atoms with Crippen LogP contribution in [0.25, 0.3) is 10.9 Å². The van der Waals surface area contributed by atoms with E-state index in [0.717, 1.165) is 21.5 Å². The zero-order valence-electron chi connectivity index (χ0n) is 10.4. The van der Waals surface area contributed by atoms with Crippen LogP contribution in [0.2, 0.25) is 0 Å². The lowest BCUT2D eigenvalue weighted by molar-refractivity contribution is 0.629. The van der Waals surface area contributed by atoms with E-state index in [4.69, 9.17) is 5.26 Å². The number of aromatic amines is 1. The number of H-pyrrole nitrogens is 1. The lowest BCUT2D eigenvalue weighted by atomic mass is 10.2. The predicted octanol–water partition coefficient (Wildman–Crippen LogP) is 4.30. The molecule has 0 radical (unpaired) electrons. The minimum Gasteiger partial charge on any atom is -0.360 e. The molecule has 5 heteroatoms. The first-order chi connectivity index (χ1) is 9.76. The first-order valence-corrected chi connectivity index (χ1v) is 6.77. The number of aromatic nitrogens is 1. The van der Waals surface area contributed by atoms with E-state index >= 15 is 0 Å². The van der Waals surface area contributed by atoms with E-state index in [0.29, 0.717) is 5.56 Å². The number of nitrogens with zero attached hydrogens (tertiary/aromatic N) is 1. The van der Waals surface area contributed by atoms with Crippen molar-refractivity contribution in [1.82, 2.24) is 4.98 Å². The molecule has 0 spiro atoms. The van der Waals surface area contributed by atoms with Crippen molar-refractivity contribution in [3.63, 3.8) is 0 Å². The summed E-state index contributed by atoms with van der Waals surface area (Å²) < 4.78 is 16.3. The molecular weight excluding hydrogens is 273 g/mol. The first kappa shape index (κ1) is 12.6. The Labute approximate surface area is 119 Å². The van der Waals surface area contributed by atoms with E-state index in [2.05, 4.69) is 15.8 Å².